The summed E-state index contributed by atoms with van der Waals surface area (Å²) in [5, 5.41) is 19.8. The highest BCUT2D eigenvalue weighted by Gasteiger charge is 2.04. The Bertz CT molecular complexity index is 906. The van der Waals surface area contributed by atoms with E-state index >= 15 is 0 Å². The van der Waals surface area contributed by atoms with Crippen LogP contribution in [0.25, 0.3) is 23.5 Å². The highest BCUT2D eigenvalue weighted by atomic mass is 16.5. The SMILES string of the molecule is Cc1cc(C#N)ccc1/C=C/c1cc(-c2ccccc2)on1.O=CO. The zero-order valence-corrected chi connectivity index (χ0v) is 13.6. The number of nitriles is 1. The zero-order valence-electron chi connectivity index (χ0n) is 13.6. The molecule has 0 aliphatic heterocycles. The highest BCUT2D eigenvalue weighted by Crippen LogP contribution is 2.21. The van der Waals surface area contributed by atoms with Crippen molar-refractivity contribution in [3.05, 3.63) is 77.0 Å². The highest BCUT2D eigenvalue weighted by molar-refractivity contribution is 5.71. The quantitative estimate of drug-likeness (QED) is 0.719. The molecule has 3 rings (SSSR count). The van der Waals surface area contributed by atoms with Crippen LogP contribution in [-0.2, 0) is 4.79 Å². The number of hydrogen-bond donors (Lipinski definition) is 1. The summed E-state index contributed by atoms with van der Waals surface area (Å²) in [6.45, 7) is 1.73. The lowest BCUT2D eigenvalue weighted by molar-refractivity contribution is -0.122. The van der Waals surface area contributed by atoms with Crippen molar-refractivity contribution in [3.63, 3.8) is 0 Å². The molecule has 0 spiro atoms. The van der Waals surface area contributed by atoms with Crippen LogP contribution in [0.15, 0.2) is 59.1 Å². The number of carboxylic acid groups (broad SMARTS) is 1. The van der Waals surface area contributed by atoms with Gasteiger partial charge in [0.05, 0.1) is 11.6 Å². The largest absolute Gasteiger partial charge is 0.483 e. The molecule has 0 aliphatic carbocycles. The van der Waals surface area contributed by atoms with Crippen LogP contribution in [0.2, 0.25) is 0 Å². The van der Waals surface area contributed by atoms with Gasteiger partial charge in [0, 0.05) is 11.6 Å². The molecule has 0 radical (unpaired) electrons. The molecule has 0 aliphatic rings. The third-order valence-corrected chi connectivity index (χ3v) is 3.42. The van der Waals surface area contributed by atoms with Crippen molar-refractivity contribution >= 4 is 18.6 Å². The summed E-state index contributed by atoms with van der Waals surface area (Å²) < 4.78 is 5.36. The molecule has 3 aromatic rings. The molecule has 1 aromatic heterocycles. The molecule has 0 unspecified atom stereocenters. The van der Waals surface area contributed by atoms with E-state index in [2.05, 4.69) is 11.2 Å². The van der Waals surface area contributed by atoms with E-state index in [1.807, 2.05) is 73.7 Å². The number of hydrogen-bond acceptors (Lipinski definition) is 4. The molecule has 0 saturated heterocycles. The molecule has 0 atom stereocenters. The maximum absolute atomic E-state index is 8.88. The minimum atomic E-state index is -0.250. The Morgan fingerprint density at radius 2 is 1.84 bits per heavy atom. The summed E-state index contributed by atoms with van der Waals surface area (Å²) in [4.78, 5) is 8.36. The van der Waals surface area contributed by atoms with Gasteiger partial charge in [-0.15, -0.1) is 0 Å². The topological polar surface area (TPSA) is 87.1 Å². The third kappa shape index (κ3) is 4.91. The lowest BCUT2D eigenvalue weighted by Crippen LogP contribution is -1.82. The number of aryl methyl sites for hydroxylation is 1. The van der Waals surface area contributed by atoms with Gasteiger partial charge in [-0.1, -0.05) is 47.6 Å². The lowest BCUT2D eigenvalue weighted by Gasteiger charge is -1.99. The molecule has 124 valence electrons. The van der Waals surface area contributed by atoms with Crippen LogP contribution in [0.1, 0.15) is 22.4 Å². The first-order valence-corrected chi connectivity index (χ1v) is 7.46. The van der Waals surface area contributed by atoms with Crippen molar-refractivity contribution in [3.8, 4) is 17.4 Å². The van der Waals surface area contributed by atoms with E-state index in [4.69, 9.17) is 19.7 Å². The van der Waals surface area contributed by atoms with Gasteiger partial charge in [-0.3, -0.25) is 4.79 Å². The molecule has 0 amide bonds. The van der Waals surface area contributed by atoms with Gasteiger partial charge >= 0.3 is 0 Å². The summed E-state index contributed by atoms with van der Waals surface area (Å²) >= 11 is 0. The van der Waals surface area contributed by atoms with Gasteiger partial charge in [-0.05, 0) is 36.3 Å². The van der Waals surface area contributed by atoms with Gasteiger partial charge in [-0.25, -0.2) is 0 Å². The molecule has 0 fully saturated rings. The molecule has 0 saturated carbocycles. The van der Waals surface area contributed by atoms with Crippen molar-refractivity contribution in [1.29, 1.82) is 5.26 Å². The summed E-state index contributed by atoms with van der Waals surface area (Å²) in [5.74, 6) is 0.747. The van der Waals surface area contributed by atoms with Gasteiger partial charge in [-0.2, -0.15) is 5.26 Å². The Balaban J connectivity index is 0.000000701. The van der Waals surface area contributed by atoms with Crippen LogP contribution < -0.4 is 0 Å². The van der Waals surface area contributed by atoms with Crippen molar-refractivity contribution in [2.24, 2.45) is 0 Å². The smallest absolute Gasteiger partial charge is 0.290 e. The van der Waals surface area contributed by atoms with E-state index in [0.717, 1.165) is 28.1 Å². The first-order chi connectivity index (χ1) is 12.2. The minimum absolute atomic E-state index is 0.250. The second kappa shape index (κ2) is 8.85. The number of rotatable bonds is 3. The van der Waals surface area contributed by atoms with Crippen LogP contribution in [0, 0.1) is 18.3 Å². The van der Waals surface area contributed by atoms with Crippen LogP contribution in [0.3, 0.4) is 0 Å². The van der Waals surface area contributed by atoms with Crippen molar-refractivity contribution < 1.29 is 14.4 Å². The average Bonchev–Trinajstić information content (AvgIpc) is 3.11. The monoisotopic (exact) mass is 332 g/mol. The molecule has 1 heterocycles. The average molecular weight is 332 g/mol. The Morgan fingerprint density at radius 1 is 1.12 bits per heavy atom. The van der Waals surface area contributed by atoms with E-state index in [0.29, 0.717) is 5.56 Å². The molecule has 1 N–H and O–H groups in total. The predicted octanol–water partition coefficient (Wildman–Crippen LogP) is 4.39. The van der Waals surface area contributed by atoms with Crippen LogP contribution in [0.5, 0.6) is 0 Å². The maximum atomic E-state index is 8.88. The summed E-state index contributed by atoms with van der Waals surface area (Å²) in [7, 11) is 0. The fraction of sp³-hybridized carbons (Fsp3) is 0.0500. The molecule has 0 bridgehead atoms. The molecular formula is C20H16N2O3. The van der Waals surface area contributed by atoms with Gasteiger partial charge in [0.15, 0.2) is 5.76 Å². The first kappa shape index (κ1) is 17.7. The Kier molecular flexibility index (Phi) is 6.26. The van der Waals surface area contributed by atoms with E-state index < -0.39 is 0 Å². The maximum Gasteiger partial charge on any atom is 0.290 e. The predicted molar refractivity (Wildman–Crippen MR) is 95.5 cm³/mol. The normalized spacial score (nSPS) is 9.92. The van der Waals surface area contributed by atoms with E-state index in [-0.39, 0.29) is 6.47 Å². The standard InChI is InChI=1S/C19H14N2O.CH2O2/c1-14-11-15(13-20)7-8-16(14)9-10-18-12-19(22-21-18)17-5-3-2-4-6-17;2-1-3/h2-12H,1H3;1H,(H,2,3)/b10-9+;. The molecule has 5 nitrogen and oxygen atoms in total. The summed E-state index contributed by atoms with van der Waals surface area (Å²) in [6.07, 6.45) is 3.88. The number of aromatic nitrogens is 1. The molecule has 25 heavy (non-hydrogen) atoms. The number of benzene rings is 2. The van der Waals surface area contributed by atoms with Gasteiger partial charge in [0.25, 0.3) is 6.47 Å². The van der Waals surface area contributed by atoms with Crippen LogP contribution in [0.4, 0.5) is 0 Å². The van der Waals surface area contributed by atoms with Gasteiger partial charge < -0.3 is 9.63 Å². The third-order valence-electron chi connectivity index (χ3n) is 3.42. The summed E-state index contributed by atoms with van der Waals surface area (Å²) in [5.41, 5.74) is 4.56. The van der Waals surface area contributed by atoms with Gasteiger partial charge in [0.2, 0.25) is 0 Å². The van der Waals surface area contributed by atoms with E-state index in [1.165, 1.54) is 0 Å². The minimum Gasteiger partial charge on any atom is -0.483 e. The fourth-order valence-corrected chi connectivity index (χ4v) is 2.21. The van der Waals surface area contributed by atoms with Crippen molar-refractivity contribution in [2.75, 3.05) is 0 Å². The number of nitrogens with zero attached hydrogens (tertiary/aromatic N) is 2. The second-order valence-corrected chi connectivity index (χ2v) is 5.10. The van der Waals surface area contributed by atoms with Crippen molar-refractivity contribution in [2.45, 2.75) is 6.92 Å². The second-order valence-electron chi connectivity index (χ2n) is 5.10. The van der Waals surface area contributed by atoms with Crippen molar-refractivity contribution in [1.82, 2.24) is 5.16 Å². The zero-order chi connectivity index (χ0) is 18.1. The van der Waals surface area contributed by atoms with E-state index in [9.17, 15) is 0 Å². The fourth-order valence-electron chi connectivity index (χ4n) is 2.21. The van der Waals surface area contributed by atoms with Gasteiger partial charge in [0.1, 0.15) is 5.69 Å². The lowest BCUT2D eigenvalue weighted by atomic mass is 10.0. The Morgan fingerprint density at radius 3 is 2.48 bits per heavy atom. The molecule has 2 aromatic carbocycles. The van der Waals surface area contributed by atoms with Crippen LogP contribution in [-0.4, -0.2) is 16.7 Å². The Hall–Kier alpha value is -3.65. The molecule has 5 heteroatoms. The number of carbonyl (C=O) groups is 1. The molecular weight excluding hydrogens is 316 g/mol. The van der Waals surface area contributed by atoms with E-state index in [1.54, 1.807) is 0 Å². The summed E-state index contributed by atoms with van der Waals surface area (Å²) in [6, 6.07) is 19.5. The first-order valence-electron chi connectivity index (χ1n) is 7.46. The van der Waals surface area contributed by atoms with Crippen LogP contribution >= 0.6 is 0 Å². The Labute approximate surface area is 145 Å².